The number of aryl methyl sites for hydroxylation is 1. The van der Waals surface area contributed by atoms with Gasteiger partial charge in [-0.25, -0.2) is 4.79 Å². The Morgan fingerprint density at radius 2 is 1.36 bits per heavy atom. The van der Waals surface area contributed by atoms with Gasteiger partial charge in [-0.1, -0.05) is 83.3 Å². The monoisotopic (exact) mass is 345 g/mol. The fourth-order valence-corrected chi connectivity index (χ4v) is 3.33. The second kappa shape index (κ2) is 12.1. The van der Waals surface area contributed by atoms with Crippen LogP contribution < -0.4 is 0 Å². The number of hydrogen-bond acceptors (Lipinski definition) is 3. The summed E-state index contributed by atoms with van der Waals surface area (Å²) in [7, 11) is 0. The van der Waals surface area contributed by atoms with Crippen molar-refractivity contribution in [3.8, 4) is 0 Å². The third-order valence-electron chi connectivity index (χ3n) is 4.87. The molecule has 1 saturated carbocycles. The van der Waals surface area contributed by atoms with E-state index in [0.29, 0.717) is 5.56 Å². The minimum absolute atomic E-state index is 0.401. The zero-order valence-electron chi connectivity index (χ0n) is 15.7. The smallest absolute Gasteiger partial charge is 0.292 e. The van der Waals surface area contributed by atoms with Crippen LogP contribution in [0.5, 0.6) is 0 Å². The van der Waals surface area contributed by atoms with Crippen LogP contribution >= 0.6 is 0 Å². The zero-order valence-corrected chi connectivity index (χ0v) is 15.7. The van der Waals surface area contributed by atoms with E-state index in [4.69, 9.17) is 9.78 Å². The van der Waals surface area contributed by atoms with Crippen LogP contribution in [-0.2, 0) is 16.2 Å². The normalized spacial score (nSPS) is 18.1. The summed E-state index contributed by atoms with van der Waals surface area (Å²) >= 11 is 0. The molecular formula is C22H33O3. The Morgan fingerprint density at radius 1 is 0.840 bits per heavy atom. The molecular weight excluding hydrogens is 312 g/mol. The summed E-state index contributed by atoms with van der Waals surface area (Å²) < 4.78 is 0. The lowest BCUT2D eigenvalue weighted by Crippen LogP contribution is -2.11. The molecule has 0 amide bonds. The maximum absolute atomic E-state index is 12.2. The van der Waals surface area contributed by atoms with Crippen molar-refractivity contribution in [2.24, 2.45) is 0 Å². The molecule has 1 aliphatic rings. The molecule has 0 saturated heterocycles. The minimum Gasteiger partial charge on any atom is -0.292 e. The highest BCUT2D eigenvalue weighted by atomic mass is 17.2. The quantitative estimate of drug-likeness (QED) is 0.447. The van der Waals surface area contributed by atoms with Gasteiger partial charge in [-0.15, -0.1) is 0 Å². The Balaban J connectivity index is 1.78. The Labute approximate surface area is 153 Å². The SMILES string of the molecule is CCCc1ccc(C(=O)OO[C]2CCCCCCCCCCC2)cc1. The summed E-state index contributed by atoms with van der Waals surface area (Å²) in [5, 5.41) is 0. The van der Waals surface area contributed by atoms with E-state index >= 15 is 0 Å². The Hall–Kier alpha value is -1.35. The maximum Gasteiger partial charge on any atom is 0.373 e. The van der Waals surface area contributed by atoms with E-state index in [0.717, 1.165) is 44.6 Å². The Kier molecular flexibility index (Phi) is 9.65. The van der Waals surface area contributed by atoms with Crippen LogP contribution in [0.15, 0.2) is 24.3 Å². The molecule has 0 spiro atoms. The second-order valence-corrected chi connectivity index (χ2v) is 7.12. The fourth-order valence-electron chi connectivity index (χ4n) is 3.33. The number of benzene rings is 1. The zero-order chi connectivity index (χ0) is 17.7. The van der Waals surface area contributed by atoms with Gasteiger partial charge in [0.15, 0.2) is 0 Å². The molecule has 3 heteroatoms. The first-order chi connectivity index (χ1) is 12.3. The Morgan fingerprint density at radius 3 is 1.88 bits per heavy atom. The van der Waals surface area contributed by atoms with Crippen LogP contribution in [0.1, 0.15) is 99.9 Å². The van der Waals surface area contributed by atoms with Crippen molar-refractivity contribution in [2.75, 3.05) is 0 Å². The Bertz CT molecular complexity index is 469. The molecule has 1 aromatic carbocycles. The highest BCUT2D eigenvalue weighted by molar-refractivity contribution is 5.88. The third kappa shape index (κ3) is 8.04. The molecule has 0 N–H and O–H groups in total. The van der Waals surface area contributed by atoms with E-state index in [9.17, 15) is 4.79 Å². The van der Waals surface area contributed by atoms with Gasteiger partial charge in [0.05, 0.1) is 5.56 Å². The number of carbonyl (C=O) groups excluding carboxylic acids is 1. The largest absolute Gasteiger partial charge is 0.373 e. The summed E-state index contributed by atoms with van der Waals surface area (Å²) in [4.78, 5) is 22.7. The number of carbonyl (C=O) groups is 1. The molecule has 0 aliphatic heterocycles. The van der Waals surface area contributed by atoms with E-state index in [1.807, 2.05) is 24.3 Å². The van der Waals surface area contributed by atoms with Gasteiger partial charge in [-0.05, 0) is 37.0 Å². The van der Waals surface area contributed by atoms with Crippen LogP contribution in [0.25, 0.3) is 0 Å². The van der Waals surface area contributed by atoms with Crippen LogP contribution in [-0.4, -0.2) is 5.97 Å². The third-order valence-corrected chi connectivity index (χ3v) is 4.87. The van der Waals surface area contributed by atoms with Gasteiger partial charge in [0.1, 0.15) is 6.10 Å². The molecule has 0 atom stereocenters. The highest BCUT2D eigenvalue weighted by Crippen LogP contribution is 2.24. The topological polar surface area (TPSA) is 35.5 Å². The van der Waals surface area contributed by atoms with Crippen molar-refractivity contribution in [2.45, 2.75) is 90.4 Å². The van der Waals surface area contributed by atoms with Crippen LogP contribution in [0.4, 0.5) is 0 Å². The number of hydrogen-bond donors (Lipinski definition) is 0. The lowest BCUT2D eigenvalue weighted by atomic mass is 9.99. The van der Waals surface area contributed by atoms with Crippen molar-refractivity contribution >= 4 is 5.97 Å². The molecule has 1 aliphatic carbocycles. The van der Waals surface area contributed by atoms with Gasteiger partial charge in [0.25, 0.3) is 0 Å². The molecule has 1 aromatic rings. The van der Waals surface area contributed by atoms with E-state index < -0.39 is 5.97 Å². The van der Waals surface area contributed by atoms with E-state index in [1.54, 1.807) is 0 Å². The highest BCUT2D eigenvalue weighted by Gasteiger charge is 2.16. The molecule has 25 heavy (non-hydrogen) atoms. The van der Waals surface area contributed by atoms with E-state index in [2.05, 4.69) is 6.92 Å². The molecule has 0 unspecified atom stereocenters. The fraction of sp³-hybridized carbons (Fsp3) is 0.636. The van der Waals surface area contributed by atoms with Gasteiger partial charge >= 0.3 is 5.97 Å². The maximum atomic E-state index is 12.2. The first-order valence-corrected chi connectivity index (χ1v) is 10.1. The molecule has 1 radical (unpaired) electrons. The average Bonchev–Trinajstić information content (AvgIpc) is 2.62. The molecule has 0 heterocycles. The summed E-state index contributed by atoms with van der Waals surface area (Å²) in [5.41, 5.74) is 1.79. The van der Waals surface area contributed by atoms with Crippen molar-refractivity contribution in [3.63, 3.8) is 0 Å². The van der Waals surface area contributed by atoms with E-state index in [-0.39, 0.29) is 0 Å². The predicted molar refractivity (Wildman–Crippen MR) is 101 cm³/mol. The lowest BCUT2D eigenvalue weighted by Gasteiger charge is -2.16. The van der Waals surface area contributed by atoms with Gasteiger partial charge < -0.3 is 0 Å². The molecule has 139 valence electrons. The average molecular weight is 346 g/mol. The molecule has 0 bridgehead atoms. The van der Waals surface area contributed by atoms with Gasteiger partial charge in [-0.3, -0.25) is 4.89 Å². The summed E-state index contributed by atoms with van der Waals surface area (Å²) in [5.74, 6) is -0.401. The molecule has 2 rings (SSSR count). The summed E-state index contributed by atoms with van der Waals surface area (Å²) in [6, 6.07) is 7.62. The van der Waals surface area contributed by atoms with E-state index in [1.165, 1.54) is 50.5 Å². The standard InChI is InChI=1S/C22H33O3/c1-2-12-19-15-17-20(18-16-19)22(23)25-24-21-13-10-8-6-4-3-5-7-9-11-14-21/h15-18H,2-14H2,1H3. The lowest BCUT2D eigenvalue weighted by molar-refractivity contribution is -0.237. The van der Waals surface area contributed by atoms with Crippen molar-refractivity contribution in [1.82, 2.24) is 0 Å². The molecule has 0 aromatic heterocycles. The van der Waals surface area contributed by atoms with Crippen LogP contribution in [0, 0.1) is 6.10 Å². The second-order valence-electron chi connectivity index (χ2n) is 7.12. The number of rotatable bonds is 5. The molecule has 3 nitrogen and oxygen atoms in total. The van der Waals surface area contributed by atoms with Gasteiger partial charge in [0, 0.05) is 0 Å². The summed E-state index contributed by atoms with van der Waals surface area (Å²) in [6.45, 7) is 2.15. The van der Waals surface area contributed by atoms with Gasteiger partial charge in [-0.2, -0.15) is 4.89 Å². The van der Waals surface area contributed by atoms with Crippen molar-refractivity contribution in [3.05, 3.63) is 41.5 Å². The predicted octanol–water partition coefficient (Wildman–Crippen LogP) is 6.56. The first-order valence-electron chi connectivity index (χ1n) is 10.1. The van der Waals surface area contributed by atoms with Crippen LogP contribution in [0.3, 0.4) is 0 Å². The van der Waals surface area contributed by atoms with Gasteiger partial charge in [0.2, 0.25) is 0 Å². The first kappa shape index (κ1) is 20.0. The van der Waals surface area contributed by atoms with Crippen molar-refractivity contribution < 1.29 is 14.6 Å². The van der Waals surface area contributed by atoms with Crippen LogP contribution in [0.2, 0.25) is 0 Å². The minimum atomic E-state index is -0.401. The van der Waals surface area contributed by atoms with Crippen molar-refractivity contribution in [1.29, 1.82) is 0 Å². The summed E-state index contributed by atoms with van der Waals surface area (Å²) in [6.07, 6.45) is 16.3. The molecule has 1 fully saturated rings.